The maximum atomic E-state index is 12.1. The van der Waals surface area contributed by atoms with Crippen LogP contribution in [0.5, 0.6) is 17.2 Å². The van der Waals surface area contributed by atoms with E-state index in [1.807, 2.05) is 0 Å². The van der Waals surface area contributed by atoms with E-state index in [0.29, 0.717) is 17.1 Å². The first-order valence-electron chi connectivity index (χ1n) is 7.13. The fourth-order valence-electron chi connectivity index (χ4n) is 2.13. The van der Waals surface area contributed by atoms with Crippen LogP contribution < -0.4 is 14.2 Å². The van der Waals surface area contributed by atoms with Crippen LogP contribution in [0.4, 0.5) is 13.2 Å². The second-order valence-corrected chi connectivity index (χ2v) is 4.85. The summed E-state index contributed by atoms with van der Waals surface area (Å²) in [7, 11) is 2.98. The molecule has 0 aliphatic carbocycles. The number of alkyl halides is 3. The number of hydrogen-bond acceptors (Lipinski definition) is 4. The summed E-state index contributed by atoms with van der Waals surface area (Å²) in [6.07, 6.45) is -1.92. The van der Waals surface area contributed by atoms with Crippen LogP contribution in [0, 0.1) is 0 Å². The summed E-state index contributed by atoms with van der Waals surface area (Å²) >= 11 is 0. The zero-order chi connectivity index (χ0) is 18.4. The first kappa shape index (κ1) is 18.4. The SMILES string of the molecule is COc1cccc(/C=C/C(=O)c2ccc(OC(F)(F)F)cc2)c1OC. The molecule has 0 saturated heterocycles. The molecule has 2 rings (SSSR count). The molecule has 0 bridgehead atoms. The van der Waals surface area contributed by atoms with E-state index in [9.17, 15) is 18.0 Å². The maximum absolute atomic E-state index is 12.1. The molecule has 0 aliphatic rings. The molecular weight excluding hydrogens is 337 g/mol. The maximum Gasteiger partial charge on any atom is 0.573 e. The summed E-state index contributed by atoms with van der Waals surface area (Å²) in [5, 5.41) is 0. The number of ether oxygens (including phenoxy) is 3. The molecule has 0 aliphatic heterocycles. The van der Waals surface area contributed by atoms with E-state index in [2.05, 4.69) is 4.74 Å². The van der Waals surface area contributed by atoms with E-state index in [-0.39, 0.29) is 17.1 Å². The van der Waals surface area contributed by atoms with E-state index >= 15 is 0 Å². The molecule has 0 N–H and O–H groups in total. The molecule has 0 saturated carbocycles. The molecule has 0 aromatic heterocycles. The van der Waals surface area contributed by atoms with E-state index in [1.165, 1.54) is 32.4 Å². The van der Waals surface area contributed by atoms with E-state index in [4.69, 9.17) is 9.47 Å². The predicted octanol–water partition coefficient (Wildman–Crippen LogP) is 4.50. The lowest BCUT2D eigenvalue weighted by atomic mass is 10.1. The average molecular weight is 352 g/mol. The van der Waals surface area contributed by atoms with Crippen molar-refractivity contribution < 1.29 is 32.2 Å². The first-order chi connectivity index (χ1) is 11.8. The third kappa shape index (κ3) is 5.00. The number of carbonyl (C=O) groups excluding carboxylic acids is 1. The van der Waals surface area contributed by atoms with Crippen LogP contribution in [-0.4, -0.2) is 26.4 Å². The molecule has 25 heavy (non-hydrogen) atoms. The third-order valence-electron chi connectivity index (χ3n) is 3.22. The molecule has 0 fully saturated rings. The fraction of sp³-hybridized carbons (Fsp3) is 0.167. The molecule has 2 aromatic rings. The van der Waals surface area contributed by atoms with Crippen LogP contribution in [0.3, 0.4) is 0 Å². The zero-order valence-electron chi connectivity index (χ0n) is 13.5. The van der Waals surface area contributed by atoms with Gasteiger partial charge in [-0.2, -0.15) is 0 Å². The summed E-state index contributed by atoms with van der Waals surface area (Å²) in [4.78, 5) is 12.1. The van der Waals surface area contributed by atoms with Crippen LogP contribution in [0.2, 0.25) is 0 Å². The lowest BCUT2D eigenvalue weighted by Crippen LogP contribution is -2.17. The van der Waals surface area contributed by atoms with Gasteiger partial charge in [0.15, 0.2) is 17.3 Å². The molecule has 0 radical (unpaired) electrons. The van der Waals surface area contributed by atoms with E-state index in [0.717, 1.165) is 12.1 Å². The van der Waals surface area contributed by atoms with Crippen LogP contribution in [0.25, 0.3) is 6.08 Å². The van der Waals surface area contributed by atoms with Crippen molar-refractivity contribution >= 4 is 11.9 Å². The highest BCUT2D eigenvalue weighted by Crippen LogP contribution is 2.31. The van der Waals surface area contributed by atoms with Gasteiger partial charge in [0.2, 0.25) is 0 Å². The molecule has 4 nitrogen and oxygen atoms in total. The van der Waals surface area contributed by atoms with Gasteiger partial charge in [-0.15, -0.1) is 13.2 Å². The summed E-state index contributed by atoms with van der Waals surface area (Å²) in [5.74, 6) is 0.236. The molecule has 0 heterocycles. The minimum Gasteiger partial charge on any atom is -0.493 e. The van der Waals surface area contributed by atoms with Crippen molar-refractivity contribution in [2.24, 2.45) is 0 Å². The number of carbonyl (C=O) groups is 1. The molecule has 0 amide bonds. The molecule has 2 aromatic carbocycles. The smallest absolute Gasteiger partial charge is 0.493 e. The number of rotatable bonds is 6. The number of hydrogen-bond donors (Lipinski definition) is 0. The predicted molar refractivity (Wildman–Crippen MR) is 86.0 cm³/mol. The Morgan fingerprint density at radius 3 is 2.24 bits per heavy atom. The van der Waals surface area contributed by atoms with Crippen LogP contribution in [0.1, 0.15) is 15.9 Å². The number of para-hydroxylation sites is 1. The van der Waals surface area contributed by atoms with Crippen molar-refractivity contribution in [2.45, 2.75) is 6.36 Å². The van der Waals surface area contributed by atoms with Gasteiger partial charge < -0.3 is 14.2 Å². The van der Waals surface area contributed by atoms with Crippen molar-refractivity contribution in [3.8, 4) is 17.2 Å². The second kappa shape index (κ2) is 7.74. The Kier molecular flexibility index (Phi) is 5.69. The van der Waals surface area contributed by atoms with Crippen molar-refractivity contribution in [2.75, 3.05) is 14.2 Å². The monoisotopic (exact) mass is 352 g/mol. The third-order valence-corrected chi connectivity index (χ3v) is 3.22. The molecule has 7 heteroatoms. The highest BCUT2D eigenvalue weighted by atomic mass is 19.4. The van der Waals surface area contributed by atoms with Crippen molar-refractivity contribution in [1.29, 1.82) is 0 Å². The Morgan fingerprint density at radius 1 is 1.00 bits per heavy atom. The van der Waals surface area contributed by atoms with Crippen molar-refractivity contribution in [3.05, 3.63) is 59.7 Å². The average Bonchev–Trinajstić information content (AvgIpc) is 2.58. The van der Waals surface area contributed by atoms with Gasteiger partial charge in [-0.05, 0) is 42.5 Å². The Hall–Kier alpha value is -2.96. The van der Waals surface area contributed by atoms with Crippen molar-refractivity contribution in [1.82, 2.24) is 0 Å². The van der Waals surface area contributed by atoms with Crippen LogP contribution in [0.15, 0.2) is 48.5 Å². The van der Waals surface area contributed by atoms with Gasteiger partial charge in [-0.3, -0.25) is 4.79 Å². The summed E-state index contributed by atoms with van der Waals surface area (Å²) in [6.45, 7) is 0. The normalized spacial score (nSPS) is 11.4. The quantitative estimate of drug-likeness (QED) is 0.567. The molecule has 0 unspecified atom stereocenters. The highest BCUT2D eigenvalue weighted by Gasteiger charge is 2.31. The first-order valence-corrected chi connectivity index (χ1v) is 7.13. The standard InChI is InChI=1S/C18H15F3O4/c1-23-16-5-3-4-13(17(16)24-2)8-11-15(22)12-6-9-14(10-7-12)25-18(19,20)21/h3-11H,1-2H3/b11-8+. The molecule has 0 atom stereocenters. The van der Waals surface area contributed by atoms with Crippen LogP contribution in [-0.2, 0) is 0 Å². The number of allylic oxidation sites excluding steroid dienone is 1. The van der Waals surface area contributed by atoms with Crippen LogP contribution >= 0.6 is 0 Å². The van der Waals surface area contributed by atoms with Gasteiger partial charge >= 0.3 is 6.36 Å². The summed E-state index contributed by atoms with van der Waals surface area (Å²) < 4.78 is 50.5. The summed E-state index contributed by atoms with van der Waals surface area (Å²) in [6, 6.07) is 9.89. The van der Waals surface area contributed by atoms with Gasteiger partial charge in [-0.25, -0.2) is 0 Å². The van der Waals surface area contributed by atoms with Gasteiger partial charge in [0.1, 0.15) is 5.75 Å². The van der Waals surface area contributed by atoms with E-state index in [1.54, 1.807) is 24.3 Å². The Bertz CT molecular complexity index is 765. The topological polar surface area (TPSA) is 44.8 Å². The Labute approximate surface area is 142 Å². The lowest BCUT2D eigenvalue weighted by molar-refractivity contribution is -0.274. The minimum atomic E-state index is -4.77. The number of benzene rings is 2. The Balaban J connectivity index is 2.16. The van der Waals surface area contributed by atoms with Gasteiger partial charge in [0, 0.05) is 11.1 Å². The van der Waals surface area contributed by atoms with Crippen molar-refractivity contribution in [3.63, 3.8) is 0 Å². The number of ketones is 1. The van der Waals surface area contributed by atoms with Gasteiger partial charge in [-0.1, -0.05) is 12.1 Å². The number of methoxy groups -OCH3 is 2. The highest BCUT2D eigenvalue weighted by molar-refractivity contribution is 6.07. The molecular formula is C18H15F3O4. The second-order valence-electron chi connectivity index (χ2n) is 4.85. The van der Waals surface area contributed by atoms with Gasteiger partial charge in [0.05, 0.1) is 14.2 Å². The molecule has 0 spiro atoms. The number of halogens is 3. The van der Waals surface area contributed by atoms with E-state index < -0.39 is 6.36 Å². The summed E-state index contributed by atoms with van der Waals surface area (Å²) in [5.41, 5.74) is 0.861. The lowest BCUT2D eigenvalue weighted by Gasteiger charge is -2.10. The largest absolute Gasteiger partial charge is 0.573 e. The zero-order valence-corrected chi connectivity index (χ0v) is 13.5. The fourth-order valence-corrected chi connectivity index (χ4v) is 2.13. The minimum absolute atomic E-state index is 0.229. The van der Waals surface area contributed by atoms with Gasteiger partial charge in [0.25, 0.3) is 0 Å². The Morgan fingerprint density at radius 2 is 1.68 bits per heavy atom. The molecule has 132 valence electrons.